The Kier molecular flexibility index (Phi) is 6.53. The summed E-state index contributed by atoms with van der Waals surface area (Å²) in [5.74, 6) is 1.21. The third kappa shape index (κ3) is 5.04. The largest absolute Gasteiger partial charge is 0.439 e. The van der Waals surface area contributed by atoms with Crippen molar-refractivity contribution in [1.29, 1.82) is 0 Å². The third-order valence-electron chi connectivity index (χ3n) is 7.32. The molecule has 0 aliphatic rings. The lowest BCUT2D eigenvalue weighted by molar-refractivity contribution is 0.463. The van der Waals surface area contributed by atoms with Crippen LogP contribution >= 0.6 is 0 Å². The van der Waals surface area contributed by atoms with Gasteiger partial charge in [0.05, 0.1) is 22.4 Å². The molecule has 7 aromatic rings. The van der Waals surface area contributed by atoms with Gasteiger partial charge in [0.15, 0.2) is 0 Å². The van der Waals surface area contributed by atoms with Crippen molar-refractivity contribution in [2.75, 3.05) is 4.90 Å². The average Bonchev–Trinajstić information content (AvgIpc) is 3.03. The van der Waals surface area contributed by atoms with Gasteiger partial charge in [-0.25, -0.2) is 9.97 Å². The lowest BCUT2D eigenvalue weighted by Crippen LogP contribution is -2.09. The first-order valence-corrected chi connectivity index (χ1v) is 13.9. The molecular formula is C37H28N4O. The lowest BCUT2D eigenvalue weighted by atomic mass is 10.1. The molecule has 3 heterocycles. The second kappa shape index (κ2) is 10.8. The molecule has 42 heavy (non-hydrogen) atoms. The molecule has 5 heteroatoms. The first-order chi connectivity index (χ1) is 20.6. The molecular weight excluding hydrogens is 516 g/mol. The Hall–Kier alpha value is -5.55. The molecule has 0 bridgehead atoms. The van der Waals surface area contributed by atoms with Gasteiger partial charge in [0.25, 0.3) is 0 Å². The second-order valence-electron chi connectivity index (χ2n) is 10.4. The van der Waals surface area contributed by atoms with Gasteiger partial charge in [-0.15, -0.1) is 0 Å². The molecule has 0 atom stereocenters. The Morgan fingerprint density at radius 3 is 1.74 bits per heavy atom. The molecule has 0 radical (unpaired) electrons. The minimum Gasteiger partial charge on any atom is -0.439 e. The Morgan fingerprint density at radius 2 is 1.07 bits per heavy atom. The molecule has 202 valence electrons. The summed E-state index contributed by atoms with van der Waals surface area (Å²) in [6.07, 6.45) is 1.80. The van der Waals surface area contributed by atoms with Crippen molar-refractivity contribution >= 4 is 38.9 Å². The molecule has 0 N–H and O–H groups in total. The van der Waals surface area contributed by atoms with Crippen molar-refractivity contribution in [2.24, 2.45) is 0 Å². The van der Waals surface area contributed by atoms with Crippen LogP contribution in [0.3, 0.4) is 0 Å². The second-order valence-corrected chi connectivity index (χ2v) is 10.4. The van der Waals surface area contributed by atoms with E-state index in [0.717, 1.165) is 50.3 Å². The summed E-state index contributed by atoms with van der Waals surface area (Å²) in [6, 6.07) is 43.2. The van der Waals surface area contributed by atoms with Crippen molar-refractivity contribution in [3.8, 4) is 23.0 Å². The summed E-state index contributed by atoms with van der Waals surface area (Å²) in [5.41, 5.74) is 8.94. The van der Waals surface area contributed by atoms with E-state index in [1.54, 1.807) is 6.20 Å². The van der Waals surface area contributed by atoms with Crippen LogP contribution in [-0.4, -0.2) is 15.0 Å². The van der Waals surface area contributed by atoms with Crippen LogP contribution < -0.4 is 9.64 Å². The van der Waals surface area contributed by atoms with E-state index in [1.165, 1.54) is 11.1 Å². The fourth-order valence-corrected chi connectivity index (χ4v) is 5.10. The predicted molar refractivity (Wildman–Crippen MR) is 171 cm³/mol. The van der Waals surface area contributed by atoms with Gasteiger partial charge in [-0.1, -0.05) is 65.7 Å². The lowest BCUT2D eigenvalue weighted by Gasteiger charge is -2.26. The summed E-state index contributed by atoms with van der Waals surface area (Å²) in [4.78, 5) is 16.5. The number of nitrogens with zero attached hydrogens (tertiary/aromatic N) is 4. The van der Waals surface area contributed by atoms with Crippen LogP contribution in [0.5, 0.6) is 11.6 Å². The van der Waals surface area contributed by atoms with Crippen LogP contribution in [0.25, 0.3) is 33.2 Å². The van der Waals surface area contributed by atoms with Gasteiger partial charge in [0.1, 0.15) is 5.75 Å². The van der Waals surface area contributed by atoms with E-state index >= 15 is 0 Å². The Labute approximate surface area is 244 Å². The van der Waals surface area contributed by atoms with Gasteiger partial charge < -0.3 is 9.64 Å². The smallest absolute Gasteiger partial charge is 0.219 e. The van der Waals surface area contributed by atoms with Crippen molar-refractivity contribution in [3.05, 3.63) is 145 Å². The molecule has 0 unspecified atom stereocenters. The highest BCUT2D eigenvalue weighted by Crippen LogP contribution is 2.36. The average molecular weight is 545 g/mol. The van der Waals surface area contributed by atoms with Crippen LogP contribution in [0.4, 0.5) is 17.1 Å². The molecule has 5 nitrogen and oxygen atoms in total. The number of ether oxygens (including phenoxy) is 1. The first-order valence-electron chi connectivity index (χ1n) is 13.9. The summed E-state index contributed by atoms with van der Waals surface area (Å²) < 4.78 is 6.21. The van der Waals surface area contributed by atoms with E-state index in [9.17, 15) is 0 Å². The molecule has 0 aliphatic heterocycles. The van der Waals surface area contributed by atoms with E-state index in [4.69, 9.17) is 14.7 Å². The summed E-state index contributed by atoms with van der Waals surface area (Å²) in [6.45, 7) is 4.20. The van der Waals surface area contributed by atoms with E-state index < -0.39 is 0 Å². The van der Waals surface area contributed by atoms with Crippen molar-refractivity contribution < 1.29 is 4.74 Å². The van der Waals surface area contributed by atoms with E-state index in [-0.39, 0.29) is 0 Å². The van der Waals surface area contributed by atoms with Gasteiger partial charge in [-0.2, -0.15) is 0 Å². The molecule has 4 aromatic carbocycles. The highest BCUT2D eigenvalue weighted by atomic mass is 16.5. The van der Waals surface area contributed by atoms with Gasteiger partial charge in [0.2, 0.25) is 5.88 Å². The normalized spacial score (nSPS) is 11.1. The Bertz CT molecular complexity index is 1970. The standard InChI is InChI=1S/C37H28N4O/c1-25-8-15-29(16-9-25)41(30-17-10-26(2)11-18-30)31-19-21-32(22-20-31)42-35-7-3-6-33(39-35)34-23-14-28-13-12-27-5-4-24-38-36(27)37(28)40-34/h3-24H,1-2H3. The number of benzene rings is 4. The quantitative estimate of drug-likeness (QED) is 0.195. The molecule has 0 fully saturated rings. The van der Waals surface area contributed by atoms with E-state index in [0.29, 0.717) is 11.6 Å². The zero-order chi connectivity index (χ0) is 28.5. The third-order valence-corrected chi connectivity index (χ3v) is 7.32. The molecule has 7 rings (SSSR count). The van der Waals surface area contributed by atoms with Gasteiger partial charge in [-0.05, 0) is 80.6 Å². The fraction of sp³-hybridized carbons (Fsp3) is 0.0541. The summed E-state index contributed by atoms with van der Waals surface area (Å²) in [5, 5.41) is 2.11. The van der Waals surface area contributed by atoms with Gasteiger partial charge in [0, 0.05) is 40.1 Å². The number of hydrogen-bond donors (Lipinski definition) is 0. The van der Waals surface area contributed by atoms with Crippen LogP contribution in [0.1, 0.15) is 11.1 Å². The number of pyridine rings is 3. The van der Waals surface area contributed by atoms with Crippen molar-refractivity contribution in [3.63, 3.8) is 0 Å². The maximum Gasteiger partial charge on any atom is 0.219 e. The van der Waals surface area contributed by atoms with Crippen LogP contribution in [0.15, 0.2) is 134 Å². The fourth-order valence-electron chi connectivity index (χ4n) is 5.10. The van der Waals surface area contributed by atoms with Crippen LogP contribution in [0.2, 0.25) is 0 Å². The van der Waals surface area contributed by atoms with Crippen molar-refractivity contribution in [1.82, 2.24) is 15.0 Å². The number of rotatable bonds is 6. The number of aromatic nitrogens is 3. The SMILES string of the molecule is Cc1ccc(N(c2ccc(C)cc2)c2ccc(Oc3cccc(-c4ccc5ccc6cccnc6c5n4)n3)cc2)cc1. The number of hydrogen-bond acceptors (Lipinski definition) is 5. The number of fused-ring (bicyclic) bond motifs is 3. The molecule has 0 saturated heterocycles. The zero-order valence-electron chi connectivity index (χ0n) is 23.4. The van der Waals surface area contributed by atoms with Crippen LogP contribution in [-0.2, 0) is 0 Å². The van der Waals surface area contributed by atoms with Gasteiger partial charge >= 0.3 is 0 Å². The van der Waals surface area contributed by atoms with E-state index in [1.807, 2.05) is 42.5 Å². The maximum absolute atomic E-state index is 6.21. The van der Waals surface area contributed by atoms with Gasteiger partial charge in [-0.3, -0.25) is 4.98 Å². The maximum atomic E-state index is 6.21. The molecule has 0 spiro atoms. The highest BCUT2D eigenvalue weighted by Gasteiger charge is 2.13. The first kappa shape index (κ1) is 25.4. The number of anilines is 3. The Morgan fingerprint density at radius 1 is 0.500 bits per heavy atom. The molecule has 0 amide bonds. The van der Waals surface area contributed by atoms with E-state index in [2.05, 4.69) is 109 Å². The molecule has 0 saturated carbocycles. The van der Waals surface area contributed by atoms with Crippen molar-refractivity contribution in [2.45, 2.75) is 13.8 Å². The molecule has 0 aliphatic carbocycles. The molecule has 3 aromatic heterocycles. The highest BCUT2D eigenvalue weighted by molar-refractivity contribution is 6.03. The summed E-state index contributed by atoms with van der Waals surface area (Å²) in [7, 11) is 0. The summed E-state index contributed by atoms with van der Waals surface area (Å²) >= 11 is 0. The minimum atomic E-state index is 0.507. The topological polar surface area (TPSA) is 51.1 Å². The predicted octanol–water partition coefficient (Wildman–Crippen LogP) is 9.72. The monoisotopic (exact) mass is 544 g/mol. The van der Waals surface area contributed by atoms with Crippen LogP contribution in [0, 0.1) is 13.8 Å². The Balaban J connectivity index is 1.17. The zero-order valence-corrected chi connectivity index (χ0v) is 23.4. The minimum absolute atomic E-state index is 0.507. The number of aryl methyl sites for hydroxylation is 2.